The first kappa shape index (κ1) is 12.2. The SMILES string of the molecule is Cc1nc(N2CCN3CCCC3C2)ncc1CCl. The average molecular weight is 267 g/mol. The van der Waals surface area contributed by atoms with E-state index < -0.39 is 0 Å². The highest BCUT2D eigenvalue weighted by Crippen LogP contribution is 2.24. The third-order valence-electron chi connectivity index (χ3n) is 4.08. The fourth-order valence-corrected chi connectivity index (χ4v) is 3.20. The van der Waals surface area contributed by atoms with Crippen LogP contribution in [0.1, 0.15) is 24.1 Å². The first-order valence-corrected chi connectivity index (χ1v) is 7.19. The van der Waals surface area contributed by atoms with Gasteiger partial charge in [0, 0.05) is 43.1 Å². The molecule has 0 aromatic carbocycles. The Morgan fingerprint density at radius 2 is 2.28 bits per heavy atom. The van der Waals surface area contributed by atoms with E-state index in [0.717, 1.165) is 36.8 Å². The molecule has 5 heteroatoms. The molecule has 0 spiro atoms. The quantitative estimate of drug-likeness (QED) is 0.765. The maximum atomic E-state index is 5.84. The molecular formula is C13H19ClN4. The van der Waals surface area contributed by atoms with Crippen molar-refractivity contribution in [3.63, 3.8) is 0 Å². The number of fused-ring (bicyclic) bond motifs is 1. The number of rotatable bonds is 2. The molecule has 3 rings (SSSR count). The molecule has 2 aliphatic heterocycles. The Kier molecular flexibility index (Phi) is 3.39. The predicted octanol–water partition coefficient (Wildman–Crippen LogP) is 1.81. The van der Waals surface area contributed by atoms with E-state index in [1.54, 1.807) is 0 Å². The van der Waals surface area contributed by atoms with E-state index in [1.807, 2.05) is 13.1 Å². The summed E-state index contributed by atoms with van der Waals surface area (Å²) in [6.07, 6.45) is 4.52. The number of aromatic nitrogens is 2. The Balaban J connectivity index is 1.76. The third-order valence-corrected chi connectivity index (χ3v) is 4.37. The lowest BCUT2D eigenvalue weighted by Gasteiger charge is -2.37. The van der Waals surface area contributed by atoms with Crippen LogP contribution in [0.3, 0.4) is 0 Å². The second-order valence-corrected chi connectivity index (χ2v) is 5.46. The molecule has 2 saturated heterocycles. The molecule has 0 aliphatic carbocycles. The van der Waals surface area contributed by atoms with E-state index in [9.17, 15) is 0 Å². The van der Waals surface area contributed by atoms with E-state index in [0.29, 0.717) is 11.9 Å². The fourth-order valence-electron chi connectivity index (χ4n) is 2.94. The molecule has 1 unspecified atom stereocenters. The van der Waals surface area contributed by atoms with E-state index >= 15 is 0 Å². The lowest BCUT2D eigenvalue weighted by Crippen LogP contribution is -2.50. The van der Waals surface area contributed by atoms with Gasteiger partial charge < -0.3 is 4.90 Å². The third kappa shape index (κ3) is 2.19. The van der Waals surface area contributed by atoms with Gasteiger partial charge in [-0.25, -0.2) is 9.97 Å². The van der Waals surface area contributed by atoms with Gasteiger partial charge in [0.15, 0.2) is 0 Å². The number of nitrogens with zero attached hydrogens (tertiary/aromatic N) is 4. The predicted molar refractivity (Wildman–Crippen MR) is 73.1 cm³/mol. The largest absolute Gasteiger partial charge is 0.338 e. The van der Waals surface area contributed by atoms with Crippen LogP contribution in [0.25, 0.3) is 0 Å². The van der Waals surface area contributed by atoms with E-state index in [1.165, 1.54) is 19.4 Å². The Morgan fingerprint density at radius 1 is 1.39 bits per heavy atom. The summed E-state index contributed by atoms with van der Waals surface area (Å²) in [7, 11) is 0. The first-order valence-electron chi connectivity index (χ1n) is 6.65. The standard InChI is InChI=1S/C13H19ClN4/c1-10-11(7-14)8-15-13(16-10)18-6-5-17-4-2-3-12(17)9-18/h8,12H,2-7,9H2,1H3. The van der Waals surface area contributed by atoms with Gasteiger partial charge in [-0.15, -0.1) is 11.6 Å². The summed E-state index contributed by atoms with van der Waals surface area (Å²) in [4.78, 5) is 14.0. The van der Waals surface area contributed by atoms with Crippen molar-refractivity contribution in [2.45, 2.75) is 31.7 Å². The smallest absolute Gasteiger partial charge is 0.225 e. The molecular weight excluding hydrogens is 248 g/mol. The zero-order chi connectivity index (χ0) is 12.5. The first-order chi connectivity index (χ1) is 8.78. The van der Waals surface area contributed by atoms with Crippen molar-refractivity contribution in [2.75, 3.05) is 31.1 Å². The van der Waals surface area contributed by atoms with Crippen molar-refractivity contribution in [1.29, 1.82) is 0 Å². The van der Waals surface area contributed by atoms with Gasteiger partial charge in [0.1, 0.15) is 0 Å². The van der Waals surface area contributed by atoms with E-state index in [2.05, 4.69) is 19.8 Å². The van der Waals surface area contributed by atoms with Crippen LogP contribution in [-0.2, 0) is 5.88 Å². The number of piperazine rings is 1. The van der Waals surface area contributed by atoms with Gasteiger partial charge in [0.05, 0.1) is 5.88 Å². The van der Waals surface area contributed by atoms with Gasteiger partial charge in [-0.1, -0.05) is 0 Å². The number of anilines is 1. The minimum atomic E-state index is 0.489. The molecule has 98 valence electrons. The Bertz CT molecular complexity index is 437. The van der Waals surface area contributed by atoms with Crippen molar-refractivity contribution in [3.05, 3.63) is 17.5 Å². The summed E-state index contributed by atoms with van der Waals surface area (Å²) >= 11 is 5.84. The maximum absolute atomic E-state index is 5.84. The van der Waals surface area contributed by atoms with Crippen molar-refractivity contribution in [2.24, 2.45) is 0 Å². The lowest BCUT2D eigenvalue weighted by atomic mass is 10.1. The fraction of sp³-hybridized carbons (Fsp3) is 0.692. The van der Waals surface area contributed by atoms with Crippen LogP contribution < -0.4 is 4.90 Å². The van der Waals surface area contributed by atoms with Gasteiger partial charge in [-0.2, -0.15) is 0 Å². The van der Waals surface area contributed by atoms with Crippen molar-refractivity contribution in [3.8, 4) is 0 Å². The Morgan fingerprint density at radius 3 is 3.06 bits per heavy atom. The van der Waals surface area contributed by atoms with Crippen LogP contribution in [0.15, 0.2) is 6.20 Å². The number of hydrogen-bond donors (Lipinski definition) is 0. The van der Waals surface area contributed by atoms with Crippen LogP contribution in [0.5, 0.6) is 0 Å². The molecule has 2 fully saturated rings. The summed E-state index contributed by atoms with van der Waals surface area (Å²) in [6, 6.07) is 0.704. The number of hydrogen-bond acceptors (Lipinski definition) is 4. The molecule has 18 heavy (non-hydrogen) atoms. The summed E-state index contributed by atoms with van der Waals surface area (Å²) in [5.41, 5.74) is 2.03. The Labute approximate surface area is 113 Å². The van der Waals surface area contributed by atoms with Gasteiger partial charge >= 0.3 is 0 Å². The molecule has 0 saturated carbocycles. The van der Waals surface area contributed by atoms with Crippen LogP contribution >= 0.6 is 11.6 Å². The highest BCUT2D eigenvalue weighted by Gasteiger charge is 2.31. The summed E-state index contributed by atoms with van der Waals surface area (Å²) < 4.78 is 0. The second-order valence-electron chi connectivity index (χ2n) is 5.19. The molecule has 3 heterocycles. The molecule has 1 aromatic heterocycles. The number of alkyl halides is 1. The summed E-state index contributed by atoms with van der Waals surface area (Å²) in [5, 5.41) is 0. The van der Waals surface area contributed by atoms with E-state index in [4.69, 9.17) is 11.6 Å². The van der Waals surface area contributed by atoms with Gasteiger partial charge in [0.2, 0.25) is 5.95 Å². The maximum Gasteiger partial charge on any atom is 0.225 e. The van der Waals surface area contributed by atoms with Crippen LogP contribution in [0, 0.1) is 6.92 Å². The van der Waals surface area contributed by atoms with Crippen LogP contribution in [0.4, 0.5) is 5.95 Å². The summed E-state index contributed by atoms with van der Waals surface area (Å²) in [6.45, 7) is 6.53. The molecule has 2 aliphatic rings. The van der Waals surface area contributed by atoms with E-state index in [-0.39, 0.29) is 0 Å². The zero-order valence-corrected chi connectivity index (χ0v) is 11.5. The molecule has 0 radical (unpaired) electrons. The lowest BCUT2D eigenvalue weighted by molar-refractivity contribution is 0.229. The average Bonchev–Trinajstić information content (AvgIpc) is 2.85. The highest BCUT2D eigenvalue weighted by atomic mass is 35.5. The summed E-state index contributed by atoms with van der Waals surface area (Å²) in [5.74, 6) is 1.36. The molecule has 1 atom stereocenters. The molecule has 0 bridgehead atoms. The van der Waals surface area contributed by atoms with Crippen LogP contribution in [-0.4, -0.2) is 47.1 Å². The molecule has 1 aromatic rings. The van der Waals surface area contributed by atoms with Gasteiger partial charge in [0.25, 0.3) is 0 Å². The second kappa shape index (κ2) is 5.02. The topological polar surface area (TPSA) is 32.3 Å². The Hall–Kier alpha value is -0.870. The van der Waals surface area contributed by atoms with Crippen molar-refractivity contribution >= 4 is 17.5 Å². The van der Waals surface area contributed by atoms with Crippen molar-refractivity contribution < 1.29 is 0 Å². The number of aryl methyl sites for hydroxylation is 1. The molecule has 0 N–H and O–H groups in total. The minimum Gasteiger partial charge on any atom is -0.338 e. The molecule has 0 amide bonds. The normalized spacial score (nSPS) is 24.3. The van der Waals surface area contributed by atoms with Gasteiger partial charge in [-0.3, -0.25) is 4.90 Å². The minimum absolute atomic E-state index is 0.489. The molecule has 4 nitrogen and oxygen atoms in total. The zero-order valence-electron chi connectivity index (χ0n) is 10.8. The van der Waals surface area contributed by atoms with Crippen molar-refractivity contribution in [1.82, 2.24) is 14.9 Å². The number of halogens is 1. The monoisotopic (exact) mass is 266 g/mol. The van der Waals surface area contributed by atoms with Gasteiger partial charge in [-0.05, 0) is 26.3 Å². The van der Waals surface area contributed by atoms with Crippen LogP contribution in [0.2, 0.25) is 0 Å². The highest BCUT2D eigenvalue weighted by molar-refractivity contribution is 6.17.